The van der Waals surface area contributed by atoms with Crippen LogP contribution in [0.2, 0.25) is 0 Å². The van der Waals surface area contributed by atoms with Gasteiger partial charge < -0.3 is 9.47 Å². The van der Waals surface area contributed by atoms with E-state index < -0.39 is 5.97 Å². The largest absolute Gasteiger partial charge is 0.460 e. The van der Waals surface area contributed by atoms with Gasteiger partial charge in [0.1, 0.15) is 12.4 Å². The summed E-state index contributed by atoms with van der Waals surface area (Å²) in [4.78, 5) is 11.6. The molecule has 0 unspecified atom stereocenters. The zero-order chi connectivity index (χ0) is 13.5. The molecule has 0 radical (unpaired) electrons. The molecule has 100 valence electrons. The van der Waals surface area contributed by atoms with Crippen LogP contribution < -0.4 is 0 Å². The van der Waals surface area contributed by atoms with Crippen molar-refractivity contribution in [1.82, 2.24) is 0 Å². The van der Waals surface area contributed by atoms with Gasteiger partial charge in [0.25, 0.3) is 0 Å². The van der Waals surface area contributed by atoms with E-state index in [1.165, 1.54) is 18.2 Å². The molecule has 1 rings (SSSR count). The molecule has 0 N–H and O–H groups in total. The first-order valence-electron chi connectivity index (χ1n) is 6.01. The van der Waals surface area contributed by atoms with Crippen molar-refractivity contribution in [2.75, 3.05) is 19.8 Å². The third kappa shape index (κ3) is 4.84. The maximum absolute atomic E-state index is 13.0. The first kappa shape index (κ1) is 14.6. The van der Waals surface area contributed by atoms with Crippen LogP contribution >= 0.6 is 0 Å². The average molecular weight is 254 g/mol. The Bertz CT molecular complexity index is 402. The summed E-state index contributed by atoms with van der Waals surface area (Å²) in [5.74, 6) is -0.321. The van der Waals surface area contributed by atoms with Crippen LogP contribution in [-0.4, -0.2) is 25.8 Å². The van der Waals surface area contributed by atoms with Crippen molar-refractivity contribution < 1.29 is 18.7 Å². The van der Waals surface area contributed by atoms with Crippen molar-refractivity contribution in [3.63, 3.8) is 0 Å². The Balaban J connectivity index is 2.34. The second-order valence-corrected chi connectivity index (χ2v) is 4.57. The molecule has 0 heterocycles. The number of rotatable bonds is 6. The summed E-state index contributed by atoms with van der Waals surface area (Å²) in [6, 6.07) is 4.16. The van der Waals surface area contributed by atoms with Gasteiger partial charge in [0.15, 0.2) is 0 Å². The maximum Gasteiger partial charge on any atom is 0.338 e. The SMILES string of the molecule is Cc1cc(C(=O)OCCOCC(C)C)ccc1F. The van der Waals surface area contributed by atoms with Crippen molar-refractivity contribution in [2.24, 2.45) is 5.92 Å². The summed E-state index contributed by atoms with van der Waals surface area (Å²) < 4.78 is 23.3. The topological polar surface area (TPSA) is 35.5 Å². The minimum atomic E-state index is -0.453. The number of hydrogen-bond acceptors (Lipinski definition) is 3. The predicted octanol–water partition coefficient (Wildman–Crippen LogP) is 2.96. The maximum atomic E-state index is 13.0. The summed E-state index contributed by atoms with van der Waals surface area (Å²) >= 11 is 0. The molecular formula is C14H19FO3. The Hall–Kier alpha value is -1.42. The van der Waals surface area contributed by atoms with Gasteiger partial charge in [0, 0.05) is 6.61 Å². The quantitative estimate of drug-likeness (QED) is 0.578. The van der Waals surface area contributed by atoms with Crippen LogP contribution in [0.4, 0.5) is 4.39 Å². The number of ether oxygens (including phenoxy) is 2. The lowest BCUT2D eigenvalue weighted by atomic mass is 10.1. The number of hydrogen-bond donors (Lipinski definition) is 0. The lowest BCUT2D eigenvalue weighted by Crippen LogP contribution is -2.13. The van der Waals surface area contributed by atoms with E-state index in [4.69, 9.17) is 9.47 Å². The Morgan fingerprint density at radius 1 is 1.33 bits per heavy atom. The van der Waals surface area contributed by atoms with Crippen LogP contribution in [-0.2, 0) is 9.47 Å². The molecule has 0 aliphatic heterocycles. The summed E-state index contributed by atoms with van der Waals surface area (Å²) in [5.41, 5.74) is 0.790. The van der Waals surface area contributed by atoms with Crippen molar-refractivity contribution in [3.05, 3.63) is 35.1 Å². The van der Waals surface area contributed by atoms with Crippen LogP contribution in [0, 0.1) is 18.7 Å². The molecule has 1 aromatic rings. The number of halogens is 1. The molecule has 0 aliphatic carbocycles. The summed E-state index contributed by atoms with van der Waals surface area (Å²) in [5, 5.41) is 0. The lowest BCUT2D eigenvalue weighted by molar-refractivity contribution is 0.0277. The number of carbonyl (C=O) groups excluding carboxylic acids is 1. The highest BCUT2D eigenvalue weighted by atomic mass is 19.1. The van der Waals surface area contributed by atoms with Gasteiger partial charge >= 0.3 is 5.97 Å². The summed E-state index contributed by atoms with van der Waals surface area (Å²) in [6.45, 7) is 6.94. The van der Waals surface area contributed by atoms with Crippen molar-refractivity contribution in [3.8, 4) is 0 Å². The first-order chi connectivity index (χ1) is 8.50. The van der Waals surface area contributed by atoms with E-state index in [1.807, 2.05) is 13.8 Å². The normalized spacial score (nSPS) is 10.7. The van der Waals surface area contributed by atoms with E-state index in [9.17, 15) is 9.18 Å². The van der Waals surface area contributed by atoms with Gasteiger partial charge in [-0.2, -0.15) is 0 Å². The number of aryl methyl sites for hydroxylation is 1. The van der Waals surface area contributed by atoms with Crippen LogP contribution in [0.15, 0.2) is 18.2 Å². The number of benzene rings is 1. The van der Waals surface area contributed by atoms with Gasteiger partial charge in [-0.15, -0.1) is 0 Å². The van der Waals surface area contributed by atoms with Gasteiger partial charge in [0.05, 0.1) is 12.2 Å². The number of carbonyl (C=O) groups is 1. The first-order valence-corrected chi connectivity index (χ1v) is 6.01. The van der Waals surface area contributed by atoms with Crippen LogP contribution in [0.5, 0.6) is 0 Å². The molecule has 0 aliphatic rings. The molecule has 4 heteroatoms. The van der Waals surface area contributed by atoms with Gasteiger partial charge in [-0.05, 0) is 36.6 Å². The van der Waals surface area contributed by atoms with E-state index in [2.05, 4.69) is 0 Å². The monoisotopic (exact) mass is 254 g/mol. The smallest absolute Gasteiger partial charge is 0.338 e. The van der Waals surface area contributed by atoms with E-state index in [1.54, 1.807) is 6.92 Å². The molecule has 0 saturated heterocycles. The van der Waals surface area contributed by atoms with E-state index in [0.29, 0.717) is 30.3 Å². The zero-order valence-electron chi connectivity index (χ0n) is 11.0. The van der Waals surface area contributed by atoms with E-state index >= 15 is 0 Å². The van der Waals surface area contributed by atoms with Gasteiger partial charge in [-0.3, -0.25) is 0 Å². The fourth-order valence-electron chi connectivity index (χ4n) is 1.37. The third-order valence-corrected chi connectivity index (χ3v) is 2.31. The molecule has 3 nitrogen and oxygen atoms in total. The van der Waals surface area contributed by atoms with Gasteiger partial charge in [-0.1, -0.05) is 13.8 Å². The molecule has 0 saturated carbocycles. The highest BCUT2D eigenvalue weighted by molar-refractivity contribution is 5.89. The van der Waals surface area contributed by atoms with Crippen molar-refractivity contribution >= 4 is 5.97 Å². The molecule has 0 amide bonds. The zero-order valence-corrected chi connectivity index (χ0v) is 11.0. The molecule has 0 aromatic heterocycles. The van der Waals surface area contributed by atoms with Crippen molar-refractivity contribution in [2.45, 2.75) is 20.8 Å². The fourth-order valence-corrected chi connectivity index (χ4v) is 1.37. The molecule has 0 spiro atoms. The lowest BCUT2D eigenvalue weighted by Gasteiger charge is -2.08. The second kappa shape index (κ2) is 7.11. The molecule has 0 bridgehead atoms. The average Bonchev–Trinajstić information content (AvgIpc) is 2.31. The summed E-state index contributed by atoms with van der Waals surface area (Å²) in [6.07, 6.45) is 0. The third-order valence-electron chi connectivity index (χ3n) is 2.31. The Morgan fingerprint density at radius 3 is 2.67 bits per heavy atom. The predicted molar refractivity (Wildman–Crippen MR) is 67.1 cm³/mol. The Kier molecular flexibility index (Phi) is 5.78. The fraction of sp³-hybridized carbons (Fsp3) is 0.500. The van der Waals surface area contributed by atoms with E-state index in [-0.39, 0.29) is 12.4 Å². The van der Waals surface area contributed by atoms with Crippen LogP contribution in [0.1, 0.15) is 29.8 Å². The highest BCUT2D eigenvalue weighted by Gasteiger charge is 2.08. The second-order valence-electron chi connectivity index (χ2n) is 4.57. The molecule has 0 atom stereocenters. The van der Waals surface area contributed by atoms with Gasteiger partial charge in [-0.25, -0.2) is 9.18 Å². The van der Waals surface area contributed by atoms with E-state index in [0.717, 1.165) is 0 Å². The van der Waals surface area contributed by atoms with Crippen LogP contribution in [0.25, 0.3) is 0 Å². The minimum Gasteiger partial charge on any atom is -0.460 e. The highest BCUT2D eigenvalue weighted by Crippen LogP contribution is 2.10. The van der Waals surface area contributed by atoms with Crippen molar-refractivity contribution in [1.29, 1.82) is 0 Å². The molecule has 18 heavy (non-hydrogen) atoms. The molecule has 1 aromatic carbocycles. The number of esters is 1. The standard InChI is InChI=1S/C14H19FO3/c1-10(2)9-17-6-7-18-14(16)12-4-5-13(15)11(3)8-12/h4-5,8,10H,6-7,9H2,1-3H3. The Morgan fingerprint density at radius 2 is 2.06 bits per heavy atom. The summed E-state index contributed by atoms with van der Waals surface area (Å²) in [7, 11) is 0. The minimum absolute atomic E-state index is 0.210. The van der Waals surface area contributed by atoms with Gasteiger partial charge in [0.2, 0.25) is 0 Å². The molecule has 0 fully saturated rings. The molecular weight excluding hydrogens is 235 g/mol. The van der Waals surface area contributed by atoms with Crippen LogP contribution in [0.3, 0.4) is 0 Å². The Labute approximate surface area is 107 Å².